The van der Waals surface area contributed by atoms with Gasteiger partial charge in [0.1, 0.15) is 10.8 Å². The van der Waals surface area contributed by atoms with E-state index >= 15 is 0 Å². The Morgan fingerprint density at radius 2 is 1.74 bits per heavy atom. The highest BCUT2D eigenvalue weighted by atomic mass is 32.1. The Kier molecular flexibility index (Phi) is 4.83. The minimum atomic E-state index is -0.307. The smallest absolute Gasteiger partial charge is 0.175 e. The SMILES string of the molecule is Cc1ccc2nc(-c3ccc(NC(=S)Nc4cccc(F)c4)cc3)sc2c1. The Labute approximate surface area is 165 Å². The van der Waals surface area contributed by atoms with Gasteiger partial charge in [0.2, 0.25) is 0 Å². The molecule has 4 rings (SSSR count). The molecule has 0 aliphatic rings. The summed E-state index contributed by atoms with van der Waals surface area (Å²) in [5.41, 5.74) is 4.77. The Morgan fingerprint density at radius 3 is 2.52 bits per heavy atom. The number of anilines is 2. The van der Waals surface area contributed by atoms with Crippen molar-refractivity contribution in [3.8, 4) is 10.6 Å². The van der Waals surface area contributed by atoms with Gasteiger partial charge < -0.3 is 10.6 Å². The van der Waals surface area contributed by atoms with Gasteiger partial charge in [0.05, 0.1) is 10.2 Å². The van der Waals surface area contributed by atoms with Crippen molar-refractivity contribution in [3.63, 3.8) is 0 Å². The number of fused-ring (bicyclic) bond motifs is 1. The van der Waals surface area contributed by atoms with E-state index in [-0.39, 0.29) is 5.82 Å². The van der Waals surface area contributed by atoms with Gasteiger partial charge in [-0.25, -0.2) is 9.37 Å². The summed E-state index contributed by atoms with van der Waals surface area (Å²) in [4.78, 5) is 4.70. The van der Waals surface area contributed by atoms with Crippen molar-refractivity contribution < 1.29 is 4.39 Å². The van der Waals surface area contributed by atoms with Crippen LogP contribution in [0.15, 0.2) is 66.7 Å². The molecule has 0 radical (unpaired) electrons. The van der Waals surface area contributed by atoms with E-state index < -0.39 is 0 Å². The second-order valence-electron chi connectivity index (χ2n) is 6.16. The molecule has 6 heteroatoms. The molecule has 0 aliphatic carbocycles. The molecule has 134 valence electrons. The van der Waals surface area contributed by atoms with E-state index in [1.165, 1.54) is 22.4 Å². The standard InChI is InChI=1S/C21H16FN3S2/c1-13-5-10-18-19(11-13)27-20(25-18)14-6-8-16(9-7-14)23-21(26)24-17-4-2-3-15(22)12-17/h2-12H,1H3,(H2,23,24,26). The summed E-state index contributed by atoms with van der Waals surface area (Å²) in [6.45, 7) is 2.08. The maximum Gasteiger partial charge on any atom is 0.175 e. The average molecular weight is 394 g/mol. The Balaban J connectivity index is 1.47. The summed E-state index contributed by atoms with van der Waals surface area (Å²) >= 11 is 6.97. The maximum atomic E-state index is 13.2. The first-order valence-corrected chi connectivity index (χ1v) is 9.60. The summed E-state index contributed by atoms with van der Waals surface area (Å²) in [6, 6.07) is 20.4. The lowest BCUT2D eigenvalue weighted by atomic mass is 10.2. The first-order chi connectivity index (χ1) is 13.1. The summed E-state index contributed by atoms with van der Waals surface area (Å²) in [6.07, 6.45) is 0. The molecule has 0 fully saturated rings. The molecule has 0 bridgehead atoms. The van der Waals surface area contributed by atoms with Crippen LogP contribution in [-0.4, -0.2) is 10.1 Å². The van der Waals surface area contributed by atoms with Crippen molar-refractivity contribution in [2.24, 2.45) is 0 Å². The van der Waals surface area contributed by atoms with Crippen molar-refractivity contribution >= 4 is 50.3 Å². The fourth-order valence-corrected chi connectivity index (χ4v) is 4.02. The molecular weight excluding hydrogens is 377 g/mol. The third-order valence-corrected chi connectivity index (χ3v) is 5.29. The second kappa shape index (κ2) is 7.42. The molecule has 0 spiro atoms. The van der Waals surface area contributed by atoms with Crippen LogP contribution in [0.5, 0.6) is 0 Å². The summed E-state index contributed by atoms with van der Waals surface area (Å²) in [7, 11) is 0. The van der Waals surface area contributed by atoms with Crippen LogP contribution in [0, 0.1) is 12.7 Å². The molecule has 0 amide bonds. The molecule has 0 unspecified atom stereocenters. The van der Waals surface area contributed by atoms with Gasteiger partial charge in [0, 0.05) is 16.9 Å². The van der Waals surface area contributed by atoms with Gasteiger partial charge in [-0.3, -0.25) is 0 Å². The first kappa shape index (κ1) is 17.6. The van der Waals surface area contributed by atoms with Crippen LogP contribution in [0.4, 0.5) is 15.8 Å². The van der Waals surface area contributed by atoms with E-state index in [1.54, 1.807) is 23.5 Å². The molecule has 3 aromatic carbocycles. The second-order valence-corrected chi connectivity index (χ2v) is 7.60. The van der Waals surface area contributed by atoms with Crippen molar-refractivity contribution in [2.45, 2.75) is 6.92 Å². The zero-order chi connectivity index (χ0) is 18.8. The van der Waals surface area contributed by atoms with Gasteiger partial charge in [-0.05, 0) is 79.3 Å². The third-order valence-electron chi connectivity index (χ3n) is 4.02. The van der Waals surface area contributed by atoms with Crippen molar-refractivity contribution in [3.05, 3.63) is 78.1 Å². The van der Waals surface area contributed by atoms with E-state index in [4.69, 9.17) is 17.2 Å². The van der Waals surface area contributed by atoms with Crippen LogP contribution >= 0.6 is 23.6 Å². The van der Waals surface area contributed by atoms with Gasteiger partial charge in [-0.1, -0.05) is 12.1 Å². The van der Waals surface area contributed by atoms with E-state index in [9.17, 15) is 4.39 Å². The quantitative estimate of drug-likeness (QED) is 0.405. The molecule has 3 nitrogen and oxygen atoms in total. The van der Waals surface area contributed by atoms with Gasteiger partial charge in [-0.15, -0.1) is 11.3 Å². The van der Waals surface area contributed by atoms with Gasteiger partial charge >= 0.3 is 0 Å². The topological polar surface area (TPSA) is 37.0 Å². The van der Waals surface area contributed by atoms with Crippen LogP contribution in [0.25, 0.3) is 20.8 Å². The highest BCUT2D eigenvalue weighted by Crippen LogP contribution is 2.31. The molecule has 0 saturated heterocycles. The first-order valence-electron chi connectivity index (χ1n) is 8.38. The number of aryl methyl sites for hydroxylation is 1. The van der Waals surface area contributed by atoms with E-state index in [2.05, 4.69) is 35.8 Å². The van der Waals surface area contributed by atoms with Gasteiger partial charge in [0.15, 0.2) is 5.11 Å². The lowest BCUT2D eigenvalue weighted by molar-refractivity contribution is 0.628. The summed E-state index contributed by atoms with van der Waals surface area (Å²) < 4.78 is 14.4. The number of aromatic nitrogens is 1. The molecule has 0 saturated carbocycles. The molecule has 4 aromatic rings. The van der Waals surface area contributed by atoms with E-state index in [1.807, 2.05) is 24.3 Å². The Morgan fingerprint density at radius 1 is 0.963 bits per heavy atom. The minimum absolute atomic E-state index is 0.307. The zero-order valence-electron chi connectivity index (χ0n) is 14.5. The predicted octanol–water partition coefficient (Wildman–Crippen LogP) is 6.22. The largest absolute Gasteiger partial charge is 0.332 e. The van der Waals surface area contributed by atoms with Gasteiger partial charge in [0.25, 0.3) is 0 Å². The predicted molar refractivity (Wildman–Crippen MR) is 116 cm³/mol. The number of hydrogen-bond donors (Lipinski definition) is 2. The Bertz CT molecular complexity index is 1120. The molecule has 0 aliphatic heterocycles. The molecular formula is C21H16FN3S2. The van der Waals surface area contributed by atoms with Crippen LogP contribution < -0.4 is 10.6 Å². The number of rotatable bonds is 3. The number of halogens is 1. The lowest BCUT2D eigenvalue weighted by Gasteiger charge is -2.10. The Hall–Kier alpha value is -2.83. The minimum Gasteiger partial charge on any atom is -0.332 e. The fourth-order valence-electron chi connectivity index (χ4n) is 2.71. The van der Waals surface area contributed by atoms with Crippen LogP contribution in [0.3, 0.4) is 0 Å². The monoisotopic (exact) mass is 393 g/mol. The highest BCUT2D eigenvalue weighted by Gasteiger charge is 2.07. The van der Waals surface area contributed by atoms with Crippen molar-refractivity contribution in [1.29, 1.82) is 0 Å². The van der Waals surface area contributed by atoms with Crippen molar-refractivity contribution in [1.82, 2.24) is 4.98 Å². The normalized spacial score (nSPS) is 10.7. The average Bonchev–Trinajstić information content (AvgIpc) is 3.05. The number of hydrogen-bond acceptors (Lipinski definition) is 3. The van der Waals surface area contributed by atoms with Crippen LogP contribution in [0.1, 0.15) is 5.56 Å². The molecule has 1 aromatic heterocycles. The third kappa shape index (κ3) is 4.13. The fraction of sp³-hybridized carbons (Fsp3) is 0.0476. The molecule has 1 heterocycles. The number of nitrogens with one attached hydrogen (secondary N) is 2. The highest BCUT2D eigenvalue weighted by molar-refractivity contribution is 7.80. The lowest BCUT2D eigenvalue weighted by Crippen LogP contribution is -2.19. The number of thiocarbonyl (C=S) groups is 1. The van der Waals surface area contributed by atoms with E-state index in [0.29, 0.717) is 10.8 Å². The number of thiazole rings is 1. The summed E-state index contributed by atoms with van der Waals surface area (Å²) in [5, 5.41) is 7.47. The van der Waals surface area contributed by atoms with E-state index in [0.717, 1.165) is 21.8 Å². The molecule has 27 heavy (non-hydrogen) atoms. The number of benzene rings is 3. The number of nitrogens with zero attached hydrogens (tertiary/aromatic N) is 1. The van der Waals surface area contributed by atoms with Crippen molar-refractivity contribution in [2.75, 3.05) is 10.6 Å². The molecule has 0 atom stereocenters. The zero-order valence-corrected chi connectivity index (χ0v) is 16.1. The molecule has 2 N–H and O–H groups in total. The van der Waals surface area contributed by atoms with Crippen LogP contribution in [-0.2, 0) is 0 Å². The van der Waals surface area contributed by atoms with Crippen LogP contribution in [0.2, 0.25) is 0 Å². The maximum absolute atomic E-state index is 13.2. The summed E-state index contributed by atoms with van der Waals surface area (Å²) in [5.74, 6) is -0.307. The van der Waals surface area contributed by atoms with Gasteiger partial charge in [-0.2, -0.15) is 0 Å².